The van der Waals surface area contributed by atoms with Crippen molar-refractivity contribution >= 4 is 32.3 Å². The van der Waals surface area contributed by atoms with E-state index in [-0.39, 0.29) is 5.82 Å². The first-order chi connectivity index (χ1) is 22.9. The van der Waals surface area contributed by atoms with Crippen LogP contribution in [0.3, 0.4) is 0 Å². The molecule has 0 spiro atoms. The van der Waals surface area contributed by atoms with Gasteiger partial charge in [0.2, 0.25) is 0 Å². The van der Waals surface area contributed by atoms with Crippen molar-refractivity contribution in [3.63, 3.8) is 0 Å². The molecule has 0 aliphatic rings. The van der Waals surface area contributed by atoms with Crippen LogP contribution in [0, 0.1) is 5.82 Å². The van der Waals surface area contributed by atoms with Crippen molar-refractivity contribution in [2.45, 2.75) is 6.18 Å². The Bertz CT molecular complexity index is 2410. The van der Waals surface area contributed by atoms with Gasteiger partial charge in [0, 0.05) is 0 Å². The first-order valence-corrected chi connectivity index (χ1v) is 15.4. The van der Waals surface area contributed by atoms with Gasteiger partial charge in [0.05, 0.1) is 5.56 Å². The van der Waals surface area contributed by atoms with Crippen molar-refractivity contribution in [2.24, 2.45) is 0 Å². The molecular weight excluding hydrogens is 592 g/mol. The summed E-state index contributed by atoms with van der Waals surface area (Å²) < 4.78 is 55.7. The highest BCUT2D eigenvalue weighted by molar-refractivity contribution is 6.33. The van der Waals surface area contributed by atoms with Crippen LogP contribution in [0.5, 0.6) is 0 Å². The van der Waals surface area contributed by atoms with E-state index in [1.54, 1.807) is 24.3 Å². The van der Waals surface area contributed by atoms with Gasteiger partial charge in [0.1, 0.15) is 5.82 Å². The van der Waals surface area contributed by atoms with Crippen molar-refractivity contribution in [2.75, 3.05) is 0 Å². The molecule has 0 bridgehead atoms. The zero-order valence-corrected chi connectivity index (χ0v) is 25.0. The first kappa shape index (κ1) is 28.7. The van der Waals surface area contributed by atoms with Gasteiger partial charge in [-0.05, 0) is 101 Å². The number of rotatable bonds is 4. The number of fused-ring (bicyclic) bond motifs is 3. The predicted octanol–water partition coefficient (Wildman–Crippen LogP) is 13.0. The highest BCUT2D eigenvalue weighted by Gasteiger charge is 2.31. The number of benzene rings is 8. The zero-order chi connectivity index (χ0) is 32.1. The molecule has 0 N–H and O–H groups in total. The molecule has 8 aromatic rings. The van der Waals surface area contributed by atoms with Crippen LogP contribution in [0.2, 0.25) is 0 Å². The fourth-order valence-electron chi connectivity index (χ4n) is 6.98. The fraction of sp³-hybridized carbons (Fsp3) is 0.0233. The lowest BCUT2D eigenvalue weighted by atomic mass is 9.77. The van der Waals surface area contributed by atoms with Crippen molar-refractivity contribution < 1.29 is 17.6 Å². The molecule has 226 valence electrons. The molecule has 8 aromatic carbocycles. The van der Waals surface area contributed by atoms with Crippen LogP contribution in [0.15, 0.2) is 158 Å². The summed E-state index contributed by atoms with van der Waals surface area (Å²) in [5, 5.41) is 5.76. The summed E-state index contributed by atoms with van der Waals surface area (Å²) in [6.07, 6.45) is -4.46. The van der Waals surface area contributed by atoms with E-state index in [0.717, 1.165) is 83.4 Å². The first-order valence-electron chi connectivity index (χ1n) is 15.4. The Morgan fingerprint density at radius 3 is 0.957 bits per heavy atom. The Morgan fingerprint density at radius 2 is 0.617 bits per heavy atom. The summed E-state index contributed by atoms with van der Waals surface area (Å²) in [4.78, 5) is 0. The molecular formula is C43H26F4. The Labute approximate surface area is 269 Å². The predicted molar refractivity (Wildman–Crippen MR) is 186 cm³/mol. The molecule has 0 aromatic heterocycles. The van der Waals surface area contributed by atoms with Gasteiger partial charge in [-0.15, -0.1) is 0 Å². The third kappa shape index (κ3) is 4.85. The summed E-state index contributed by atoms with van der Waals surface area (Å²) in [5.41, 5.74) is 6.59. The summed E-state index contributed by atoms with van der Waals surface area (Å²) in [5.74, 6) is -0.331. The third-order valence-electron chi connectivity index (χ3n) is 8.94. The lowest BCUT2D eigenvalue weighted by Crippen LogP contribution is -2.04. The molecule has 0 fully saturated rings. The quantitative estimate of drug-likeness (QED) is 0.136. The minimum Gasteiger partial charge on any atom is -0.207 e. The summed E-state index contributed by atoms with van der Waals surface area (Å²) in [6.45, 7) is 0. The van der Waals surface area contributed by atoms with Crippen LogP contribution < -0.4 is 0 Å². The van der Waals surface area contributed by atoms with Crippen LogP contribution in [0.1, 0.15) is 5.56 Å². The van der Waals surface area contributed by atoms with Gasteiger partial charge in [-0.1, -0.05) is 133 Å². The van der Waals surface area contributed by atoms with Gasteiger partial charge in [0.25, 0.3) is 0 Å². The van der Waals surface area contributed by atoms with E-state index in [1.165, 1.54) is 12.1 Å². The lowest BCUT2D eigenvalue weighted by Gasteiger charge is -2.25. The molecule has 0 heterocycles. The van der Waals surface area contributed by atoms with Gasteiger partial charge in [0.15, 0.2) is 0 Å². The highest BCUT2D eigenvalue weighted by atomic mass is 19.4. The highest BCUT2D eigenvalue weighted by Crippen LogP contribution is 2.53. The summed E-state index contributed by atoms with van der Waals surface area (Å²) in [7, 11) is 0. The molecule has 47 heavy (non-hydrogen) atoms. The van der Waals surface area contributed by atoms with Crippen LogP contribution in [-0.2, 0) is 6.18 Å². The van der Waals surface area contributed by atoms with E-state index in [0.29, 0.717) is 5.56 Å². The Balaban J connectivity index is 1.70. The number of alkyl halides is 3. The number of hydrogen-bond donors (Lipinski definition) is 0. The summed E-state index contributed by atoms with van der Waals surface area (Å²) in [6, 6.07) is 48.6. The maximum atomic E-state index is 14.4. The summed E-state index contributed by atoms with van der Waals surface area (Å²) >= 11 is 0. The van der Waals surface area contributed by atoms with E-state index in [4.69, 9.17) is 0 Å². The Morgan fingerprint density at radius 1 is 0.319 bits per heavy atom. The molecule has 0 unspecified atom stereocenters. The van der Waals surface area contributed by atoms with Gasteiger partial charge in [-0.25, -0.2) is 4.39 Å². The number of hydrogen-bond acceptors (Lipinski definition) is 0. The van der Waals surface area contributed by atoms with E-state index in [1.807, 2.05) is 72.8 Å². The average Bonchev–Trinajstić information content (AvgIpc) is 3.10. The second-order valence-electron chi connectivity index (χ2n) is 11.7. The second kappa shape index (κ2) is 11.3. The maximum absolute atomic E-state index is 14.4. The normalized spacial score (nSPS) is 11.8. The largest absolute Gasteiger partial charge is 0.416 e. The standard InChI is InChI=1S/C43H26F4/c44-32-25-21-30(22-26-32)40-36-18-10-9-17-35(36)39(29-19-23-31(24-20-29)43(45,46)47)41-37(27-11-3-1-4-12-27)33-15-7-8-16-34(33)38(42(40)41)28-13-5-2-6-14-28/h1-26H. The molecule has 0 nitrogen and oxygen atoms in total. The third-order valence-corrected chi connectivity index (χ3v) is 8.94. The topological polar surface area (TPSA) is 0 Å². The molecule has 4 heteroatoms. The number of halogens is 4. The van der Waals surface area contributed by atoms with Crippen LogP contribution in [-0.4, -0.2) is 0 Å². The van der Waals surface area contributed by atoms with Crippen molar-refractivity contribution in [1.82, 2.24) is 0 Å². The molecule has 0 amide bonds. The molecule has 0 radical (unpaired) electrons. The average molecular weight is 619 g/mol. The van der Waals surface area contributed by atoms with Gasteiger partial charge in [-0.2, -0.15) is 13.2 Å². The van der Waals surface area contributed by atoms with E-state index >= 15 is 0 Å². The van der Waals surface area contributed by atoms with Crippen LogP contribution in [0.4, 0.5) is 17.6 Å². The molecule has 0 saturated carbocycles. The molecule has 0 saturated heterocycles. The van der Waals surface area contributed by atoms with Crippen LogP contribution >= 0.6 is 0 Å². The Kier molecular flexibility index (Phi) is 6.87. The van der Waals surface area contributed by atoms with E-state index < -0.39 is 11.7 Å². The van der Waals surface area contributed by atoms with E-state index in [9.17, 15) is 17.6 Å². The molecule has 0 aliphatic carbocycles. The van der Waals surface area contributed by atoms with Crippen molar-refractivity contribution in [3.05, 3.63) is 169 Å². The van der Waals surface area contributed by atoms with Gasteiger partial charge < -0.3 is 0 Å². The minimum absolute atomic E-state index is 0.331. The monoisotopic (exact) mass is 618 g/mol. The van der Waals surface area contributed by atoms with Gasteiger partial charge >= 0.3 is 6.18 Å². The van der Waals surface area contributed by atoms with Crippen molar-refractivity contribution in [1.29, 1.82) is 0 Å². The Hall–Kier alpha value is -5.74. The fourth-order valence-corrected chi connectivity index (χ4v) is 6.98. The molecule has 0 atom stereocenters. The zero-order valence-electron chi connectivity index (χ0n) is 25.0. The van der Waals surface area contributed by atoms with Crippen molar-refractivity contribution in [3.8, 4) is 44.5 Å². The SMILES string of the molecule is Fc1ccc(-c2c3ccccc3c(-c3ccc(C(F)(F)F)cc3)c3c(-c4ccccc4)c4ccccc4c(-c4ccccc4)c23)cc1. The molecule has 8 rings (SSSR count). The molecule has 0 aliphatic heterocycles. The van der Waals surface area contributed by atoms with E-state index in [2.05, 4.69) is 36.4 Å². The lowest BCUT2D eigenvalue weighted by molar-refractivity contribution is -0.137. The van der Waals surface area contributed by atoms with Crippen LogP contribution in [0.25, 0.3) is 76.8 Å². The smallest absolute Gasteiger partial charge is 0.207 e. The minimum atomic E-state index is -4.46. The second-order valence-corrected chi connectivity index (χ2v) is 11.7. The maximum Gasteiger partial charge on any atom is 0.416 e. The van der Waals surface area contributed by atoms with Gasteiger partial charge in [-0.3, -0.25) is 0 Å².